The Bertz CT molecular complexity index is 2210. The van der Waals surface area contributed by atoms with Crippen LogP contribution in [0.2, 0.25) is 0 Å². The van der Waals surface area contributed by atoms with Crippen LogP contribution in [-0.4, -0.2) is 56.8 Å². The zero-order valence-corrected chi connectivity index (χ0v) is 25.5. The highest BCUT2D eigenvalue weighted by molar-refractivity contribution is 7.99. The van der Waals surface area contributed by atoms with E-state index < -0.39 is 0 Å². The molecular weight excluding hydrogens is 572 g/mol. The second kappa shape index (κ2) is 9.12. The number of hydrogen-bond donors (Lipinski definition) is 2. The first-order valence-electron chi connectivity index (χ1n) is 13.7. The molecule has 0 amide bonds. The Labute approximate surface area is 249 Å². The third kappa shape index (κ3) is 3.01. The van der Waals surface area contributed by atoms with Crippen LogP contribution in [-0.2, 0) is 12.2 Å². The summed E-state index contributed by atoms with van der Waals surface area (Å²) in [5.74, 6) is 4.39. The van der Waals surface area contributed by atoms with E-state index in [2.05, 4.69) is 6.08 Å². The number of rotatable bonds is 4. The number of nitrogens with zero attached hydrogens (tertiary/aromatic N) is 2. The van der Waals surface area contributed by atoms with Crippen molar-refractivity contribution in [3.63, 3.8) is 0 Å². The van der Waals surface area contributed by atoms with Crippen molar-refractivity contribution in [1.82, 2.24) is 0 Å². The van der Waals surface area contributed by atoms with Crippen molar-refractivity contribution in [3.05, 3.63) is 33.0 Å². The molecule has 3 aliphatic rings. The van der Waals surface area contributed by atoms with Crippen LogP contribution in [0.5, 0.6) is 34.5 Å². The Morgan fingerprint density at radius 2 is 1.36 bits per heavy atom. The number of allylic oxidation sites excluding steroid dienone is 1. The number of aromatic hydroxyl groups is 2. The summed E-state index contributed by atoms with van der Waals surface area (Å²) in [7, 11) is 6.54. The fourth-order valence-electron chi connectivity index (χ4n) is 7.33. The van der Waals surface area contributed by atoms with E-state index in [9.17, 15) is 10.2 Å². The van der Waals surface area contributed by atoms with Crippen LogP contribution in [0.4, 0.5) is 0 Å². The minimum atomic E-state index is 0.0538. The van der Waals surface area contributed by atoms with Gasteiger partial charge in [-0.3, -0.25) is 9.98 Å². The zero-order chi connectivity index (χ0) is 29.0. The molecule has 0 radical (unpaired) electrons. The van der Waals surface area contributed by atoms with Gasteiger partial charge in [0.15, 0.2) is 23.0 Å². The molecule has 2 heterocycles. The van der Waals surface area contributed by atoms with E-state index in [1.165, 1.54) is 0 Å². The summed E-state index contributed by atoms with van der Waals surface area (Å²) in [6.07, 6.45) is 2.60. The molecule has 5 aromatic carbocycles. The first-order chi connectivity index (χ1) is 20.5. The van der Waals surface area contributed by atoms with Gasteiger partial charge in [-0.05, 0) is 18.7 Å². The lowest BCUT2D eigenvalue weighted by molar-refractivity contribution is 0.373. The molecule has 214 valence electrons. The Kier molecular flexibility index (Phi) is 5.63. The fraction of sp³-hybridized carbons (Fsp3) is 0.312. The topological polar surface area (TPSA) is 102 Å². The third-order valence-electron chi connectivity index (χ3n) is 8.73. The van der Waals surface area contributed by atoms with Gasteiger partial charge >= 0.3 is 0 Å². The lowest BCUT2D eigenvalue weighted by Gasteiger charge is -2.27. The second-order valence-corrected chi connectivity index (χ2v) is 12.8. The second-order valence-electron chi connectivity index (χ2n) is 10.8. The highest BCUT2D eigenvalue weighted by Crippen LogP contribution is 2.58. The summed E-state index contributed by atoms with van der Waals surface area (Å²) >= 11 is 3.37. The number of benzene rings is 5. The van der Waals surface area contributed by atoms with Gasteiger partial charge in [-0.1, -0.05) is 11.6 Å². The molecule has 0 saturated heterocycles. The van der Waals surface area contributed by atoms with E-state index in [0.717, 1.165) is 70.6 Å². The Morgan fingerprint density at radius 1 is 0.690 bits per heavy atom. The predicted molar refractivity (Wildman–Crippen MR) is 169 cm³/mol. The molecule has 10 heteroatoms. The first-order valence-corrected chi connectivity index (χ1v) is 15.8. The van der Waals surface area contributed by atoms with Crippen molar-refractivity contribution in [2.75, 3.05) is 46.6 Å². The van der Waals surface area contributed by atoms with Gasteiger partial charge in [0.2, 0.25) is 0 Å². The molecule has 42 heavy (non-hydrogen) atoms. The first kappa shape index (κ1) is 25.9. The van der Waals surface area contributed by atoms with E-state index in [1.54, 1.807) is 52.0 Å². The molecule has 8 nitrogen and oxygen atoms in total. The summed E-state index contributed by atoms with van der Waals surface area (Å²) in [6, 6.07) is 0. The third-order valence-corrected chi connectivity index (χ3v) is 10.6. The van der Waals surface area contributed by atoms with Crippen molar-refractivity contribution in [3.8, 4) is 34.5 Å². The molecule has 2 N–H and O–H groups in total. The minimum Gasteiger partial charge on any atom is -0.504 e. The molecule has 0 spiro atoms. The average molecular weight is 601 g/mol. The maximum atomic E-state index is 12.0. The summed E-state index contributed by atoms with van der Waals surface area (Å²) in [5.41, 5.74) is 3.59. The van der Waals surface area contributed by atoms with Crippen LogP contribution in [0.3, 0.4) is 0 Å². The van der Waals surface area contributed by atoms with Crippen molar-refractivity contribution >= 4 is 72.7 Å². The van der Waals surface area contributed by atoms with Gasteiger partial charge < -0.3 is 29.2 Å². The number of phenols is 2. The van der Waals surface area contributed by atoms with Crippen LogP contribution in [0.25, 0.3) is 49.2 Å². The monoisotopic (exact) mass is 600 g/mol. The van der Waals surface area contributed by atoms with Crippen molar-refractivity contribution in [1.29, 1.82) is 0 Å². The molecule has 0 bridgehead atoms. The zero-order valence-electron chi connectivity index (χ0n) is 23.9. The number of hydrogen-bond acceptors (Lipinski definition) is 10. The quantitative estimate of drug-likeness (QED) is 0.200. The van der Waals surface area contributed by atoms with E-state index in [0.29, 0.717) is 63.7 Å². The van der Waals surface area contributed by atoms with Crippen LogP contribution in [0.1, 0.15) is 23.6 Å². The van der Waals surface area contributed by atoms with E-state index >= 15 is 0 Å². The number of phenolic OH excluding ortho intramolecular Hbond substituents is 2. The number of ether oxygens (including phenoxy) is 4. The molecule has 0 aromatic heterocycles. The molecule has 5 aromatic rings. The molecular formula is C32H28N2O6S2. The molecule has 0 atom stereocenters. The van der Waals surface area contributed by atoms with Crippen LogP contribution in [0.15, 0.2) is 20.5 Å². The Hall–Kier alpha value is -3.76. The lowest BCUT2D eigenvalue weighted by atomic mass is 9.82. The van der Waals surface area contributed by atoms with Crippen LogP contribution >= 0.6 is 23.5 Å². The molecule has 1 aliphatic carbocycles. The molecule has 2 aliphatic heterocycles. The summed E-state index contributed by atoms with van der Waals surface area (Å²) in [5, 5.41) is 31.8. The number of thioether (sulfide) groups is 2. The van der Waals surface area contributed by atoms with Gasteiger partial charge in [0, 0.05) is 61.7 Å². The smallest absolute Gasteiger partial charge is 0.169 e. The highest BCUT2D eigenvalue weighted by atomic mass is 32.2. The number of methoxy groups -OCH3 is 4. The average Bonchev–Trinajstić information content (AvgIpc) is 3.15. The SMILES string of the molecule is COc1c(O)c2c3c(c(OC)c4c5c(OC)c6c(c7c(O)c(OC)c8c(c(c1C=C(C)C8)c24)c75)=NCSC6)SCCN=3. The normalized spacial score (nSPS) is 15.8. The van der Waals surface area contributed by atoms with Gasteiger partial charge in [-0.25, -0.2) is 0 Å². The molecule has 0 fully saturated rings. The maximum absolute atomic E-state index is 12.0. The summed E-state index contributed by atoms with van der Waals surface area (Å²) in [4.78, 5) is 10.7. The van der Waals surface area contributed by atoms with Crippen molar-refractivity contribution < 1.29 is 29.2 Å². The van der Waals surface area contributed by atoms with Gasteiger partial charge in [-0.2, -0.15) is 0 Å². The van der Waals surface area contributed by atoms with E-state index in [1.807, 2.05) is 6.92 Å². The van der Waals surface area contributed by atoms with Crippen LogP contribution in [0, 0.1) is 0 Å². The largest absolute Gasteiger partial charge is 0.504 e. The molecule has 0 unspecified atom stereocenters. The van der Waals surface area contributed by atoms with Gasteiger partial charge in [0.1, 0.15) is 11.5 Å². The fourth-order valence-corrected chi connectivity index (χ4v) is 9.12. The number of fused-ring (bicyclic) bond motifs is 5. The summed E-state index contributed by atoms with van der Waals surface area (Å²) < 4.78 is 24.5. The standard InChI is InChI=1S/C32H28N2O6S2/c1-12-8-13-16-17-14(9-12)30(39-4)27(36)23-19(17)21(31(40-5)32-25(23)33-6-7-42-32)20-18(16)22(26(35)29(13)38-3)24-15(28(20)37-2)10-41-11-34-24/h9,35-36H,6-8,10-11H2,1-5H3. The van der Waals surface area contributed by atoms with E-state index in [4.69, 9.17) is 28.9 Å². The Balaban J connectivity index is 1.89. The van der Waals surface area contributed by atoms with Gasteiger partial charge in [-0.15, -0.1) is 23.5 Å². The van der Waals surface area contributed by atoms with E-state index in [-0.39, 0.29) is 11.5 Å². The molecule has 8 rings (SSSR count). The van der Waals surface area contributed by atoms with Gasteiger partial charge in [0.05, 0.1) is 60.7 Å². The summed E-state index contributed by atoms with van der Waals surface area (Å²) in [6.45, 7) is 2.67. The van der Waals surface area contributed by atoms with Crippen molar-refractivity contribution in [2.45, 2.75) is 24.0 Å². The molecule has 0 saturated carbocycles. The lowest BCUT2D eigenvalue weighted by Crippen LogP contribution is -2.19. The Morgan fingerprint density at radius 3 is 2.10 bits per heavy atom. The van der Waals surface area contributed by atoms with Gasteiger partial charge in [0.25, 0.3) is 0 Å². The highest BCUT2D eigenvalue weighted by Gasteiger charge is 2.35. The van der Waals surface area contributed by atoms with Crippen molar-refractivity contribution in [2.24, 2.45) is 9.98 Å². The van der Waals surface area contributed by atoms with Crippen LogP contribution < -0.4 is 29.7 Å². The minimum absolute atomic E-state index is 0.0538. The predicted octanol–water partition coefficient (Wildman–Crippen LogP) is 5.69. The maximum Gasteiger partial charge on any atom is 0.169 e.